The number of imidazole rings is 1. The second-order valence-corrected chi connectivity index (χ2v) is 8.93. The average molecular weight is 513 g/mol. The van der Waals surface area contributed by atoms with E-state index in [1.54, 1.807) is 19.6 Å². The molecule has 4 heterocycles. The predicted octanol–water partition coefficient (Wildman–Crippen LogP) is 3.32. The van der Waals surface area contributed by atoms with Crippen LogP contribution in [0.1, 0.15) is 11.1 Å². The minimum Gasteiger partial charge on any atom is -0.497 e. The monoisotopic (exact) mass is 512 g/mol. The Bertz CT molecular complexity index is 1390. The summed E-state index contributed by atoms with van der Waals surface area (Å²) in [4.78, 5) is 15.7. The number of hydrogen-bond donors (Lipinski definition) is 3. The van der Waals surface area contributed by atoms with Crippen molar-refractivity contribution in [1.29, 1.82) is 5.41 Å². The number of fused-ring (bicyclic) bond motifs is 1. The lowest BCUT2D eigenvalue weighted by molar-refractivity contribution is 0.0388. The molecule has 0 saturated carbocycles. The van der Waals surface area contributed by atoms with Crippen molar-refractivity contribution in [2.45, 2.75) is 6.54 Å². The highest BCUT2D eigenvalue weighted by atomic mass is 16.5. The lowest BCUT2D eigenvalue weighted by atomic mass is 10.1. The quantitative estimate of drug-likeness (QED) is 0.207. The minimum absolute atomic E-state index is 0.614. The Hall–Kier alpha value is -4.28. The topological polar surface area (TPSA) is 113 Å². The summed E-state index contributed by atoms with van der Waals surface area (Å²) in [5.74, 6) is 1.49. The van der Waals surface area contributed by atoms with Gasteiger partial charge in [0.05, 0.1) is 37.9 Å². The van der Waals surface area contributed by atoms with Crippen LogP contribution >= 0.6 is 0 Å². The average Bonchev–Trinajstić information content (AvgIpc) is 3.40. The van der Waals surface area contributed by atoms with Crippen molar-refractivity contribution in [1.82, 2.24) is 29.6 Å². The van der Waals surface area contributed by atoms with Gasteiger partial charge in [0.15, 0.2) is 0 Å². The van der Waals surface area contributed by atoms with Gasteiger partial charge in [0.25, 0.3) is 0 Å². The molecule has 5 rings (SSSR count). The zero-order valence-electron chi connectivity index (χ0n) is 21.4. The maximum atomic E-state index is 7.83. The molecule has 0 aliphatic carbocycles. The van der Waals surface area contributed by atoms with E-state index in [1.165, 1.54) is 6.21 Å². The van der Waals surface area contributed by atoms with Crippen LogP contribution in [-0.2, 0) is 11.3 Å². The number of aromatic nitrogens is 4. The Morgan fingerprint density at radius 3 is 2.74 bits per heavy atom. The van der Waals surface area contributed by atoms with Crippen LogP contribution in [0.2, 0.25) is 0 Å². The first-order valence-electron chi connectivity index (χ1n) is 12.6. The number of nitrogens with zero attached hydrogens (tertiary/aromatic N) is 5. The molecule has 4 aromatic rings. The van der Waals surface area contributed by atoms with E-state index < -0.39 is 0 Å². The largest absolute Gasteiger partial charge is 0.497 e. The van der Waals surface area contributed by atoms with Crippen molar-refractivity contribution < 1.29 is 9.47 Å². The van der Waals surface area contributed by atoms with Gasteiger partial charge in [-0.15, -0.1) is 0 Å². The Morgan fingerprint density at radius 2 is 1.95 bits per heavy atom. The summed E-state index contributed by atoms with van der Waals surface area (Å²) >= 11 is 0. The molecule has 0 spiro atoms. The molecule has 1 aliphatic heterocycles. The molecule has 1 fully saturated rings. The molecule has 38 heavy (non-hydrogen) atoms. The van der Waals surface area contributed by atoms with Crippen LogP contribution in [-0.4, -0.2) is 77.0 Å². The third-order valence-electron chi connectivity index (χ3n) is 6.50. The number of hydrogen-bond acceptors (Lipinski definition) is 9. The molecule has 10 heteroatoms. The Kier molecular flexibility index (Phi) is 8.22. The maximum absolute atomic E-state index is 7.83. The van der Waals surface area contributed by atoms with Crippen LogP contribution in [0, 0.1) is 5.41 Å². The smallest absolute Gasteiger partial charge is 0.140 e. The first kappa shape index (κ1) is 25.4. The third-order valence-corrected chi connectivity index (χ3v) is 6.50. The van der Waals surface area contributed by atoms with Crippen LogP contribution in [0.25, 0.3) is 22.6 Å². The molecule has 0 bridgehead atoms. The third kappa shape index (κ3) is 6.16. The van der Waals surface area contributed by atoms with Gasteiger partial charge < -0.3 is 25.5 Å². The molecule has 10 nitrogen and oxygen atoms in total. The minimum atomic E-state index is 0.614. The number of methoxy groups -OCH3 is 1. The summed E-state index contributed by atoms with van der Waals surface area (Å²) in [6.45, 7) is 5.98. The Balaban J connectivity index is 1.18. The fraction of sp³-hybridized carbons (Fsp3) is 0.286. The Labute approximate surface area is 221 Å². The first-order valence-corrected chi connectivity index (χ1v) is 12.6. The highest BCUT2D eigenvalue weighted by Gasteiger charge is 2.10. The highest BCUT2D eigenvalue weighted by Crippen LogP contribution is 2.23. The van der Waals surface area contributed by atoms with Gasteiger partial charge in [0, 0.05) is 69.0 Å². The van der Waals surface area contributed by atoms with Gasteiger partial charge in [-0.1, -0.05) is 24.3 Å². The van der Waals surface area contributed by atoms with E-state index in [1.807, 2.05) is 47.1 Å². The van der Waals surface area contributed by atoms with E-state index in [0.29, 0.717) is 6.54 Å². The van der Waals surface area contributed by atoms with Gasteiger partial charge >= 0.3 is 0 Å². The summed E-state index contributed by atoms with van der Waals surface area (Å²) in [5.41, 5.74) is 5.40. The first-order chi connectivity index (χ1) is 18.7. The molecule has 3 aromatic heterocycles. The molecule has 0 unspecified atom stereocenters. The summed E-state index contributed by atoms with van der Waals surface area (Å²) < 4.78 is 12.7. The summed E-state index contributed by atoms with van der Waals surface area (Å²) in [7, 11) is 1.64. The molecule has 1 aromatic carbocycles. The summed E-state index contributed by atoms with van der Waals surface area (Å²) in [6.07, 6.45) is 8.57. The second-order valence-electron chi connectivity index (χ2n) is 8.93. The number of benzene rings is 1. The van der Waals surface area contributed by atoms with E-state index in [2.05, 4.69) is 42.6 Å². The maximum Gasteiger partial charge on any atom is 0.140 e. The van der Waals surface area contributed by atoms with Crippen molar-refractivity contribution in [3.63, 3.8) is 0 Å². The van der Waals surface area contributed by atoms with Crippen molar-refractivity contribution in [2.75, 3.05) is 51.8 Å². The lowest BCUT2D eigenvalue weighted by Gasteiger charge is -2.26. The van der Waals surface area contributed by atoms with Crippen molar-refractivity contribution in [3.8, 4) is 17.1 Å². The number of allylic oxidation sites excluding steroid dienone is 1. The van der Waals surface area contributed by atoms with Gasteiger partial charge in [-0.2, -0.15) is 0 Å². The normalized spacial score (nSPS) is 14.4. The Morgan fingerprint density at radius 1 is 1.11 bits per heavy atom. The predicted molar refractivity (Wildman–Crippen MR) is 149 cm³/mol. The van der Waals surface area contributed by atoms with Gasteiger partial charge in [0.2, 0.25) is 0 Å². The number of pyridine rings is 1. The molecule has 1 aliphatic rings. The van der Waals surface area contributed by atoms with Crippen LogP contribution in [0.5, 0.6) is 5.75 Å². The van der Waals surface area contributed by atoms with Crippen molar-refractivity contribution >= 4 is 23.3 Å². The van der Waals surface area contributed by atoms with Crippen LogP contribution in [0.4, 0.5) is 5.82 Å². The zero-order chi connectivity index (χ0) is 26.2. The SMILES string of the molecule is COc1ccn2c(-c3cc(NCc4ccc(/C(C=N)=C/NCCN5CCOCC5)cc4)ncn3)cnc2c1. The standard InChI is InChI=1S/C28H32N8O2/c1-37-24-6-8-36-26(19-32-28(36)14-24)25-15-27(34-20-33-25)31-17-21-2-4-22(5-3-21)23(16-29)18-30-7-9-35-10-12-38-13-11-35/h2-6,8,14-16,18-20,29-30H,7,9-13,17H2,1H3,(H,31,33,34)/b23-18+,29-16?. The van der Waals surface area contributed by atoms with E-state index in [-0.39, 0.29) is 0 Å². The number of anilines is 1. The van der Waals surface area contributed by atoms with Gasteiger partial charge in [-0.05, 0) is 17.2 Å². The molecule has 0 radical (unpaired) electrons. The second kappa shape index (κ2) is 12.3. The molecule has 1 saturated heterocycles. The number of ether oxygens (including phenoxy) is 2. The molecular weight excluding hydrogens is 480 g/mol. The molecule has 0 atom stereocenters. The lowest BCUT2D eigenvalue weighted by Crippen LogP contribution is -2.39. The molecule has 196 valence electrons. The van der Waals surface area contributed by atoms with Crippen LogP contribution in [0.3, 0.4) is 0 Å². The van der Waals surface area contributed by atoms with E-state index in [4.69, 9.17) is 14.9 Å². The molecule has 3 N–H and O–H groups in total. The van der Waals surface area contributed by atoms with E-state index in [9.17, 15) is 0 Å². The van der Waals surface area contributed by atoms with E-state index in [0.717, 1.165) is 84.7 Å². The number of nitrogens with one attached hydrogen (secondary N) is 3. The highest BCUT2D eigenvalue weighted by molar-refractivity contribution is 6.08. The molecule has 0 amide bonds. The van der Waals surface area contributed by atoms with Crippen LogP contribution < -0.4 is 15.4 Å². The fourth-order valence-electron chi connectivity index (χ4n) is 4.32. The zero-order valence-corrected chi connectivity index (χ0v) is 21.4. The van der Waals surface area contributed by atoms with Gasteiger partial charge in [0.1, 0.15) is 23.5 Å². The van der Waals surface area contributed by atoms with Crippen molar-refractivity contribution in [3.05, 3.63) is 78.5 Å². The summed E-state index contributed by atoms with van der Waals surface area (Å²) in [5, 5.41) is 14.5. The van der Waals surface area contributed by atoms with E-state index >= 15 is 0 Å². The van der Waals surface area contributed by atoms with Gasteiger partial charge in [-0.3, -0.25) is 9.30 Å². The number of morpholine rings is 1. The van der Waals surface area contributed by atoms with Crippen LogP contribution in [0.15, 0.2) is 67.4 Å². The van der Waals surface area contributed by atoms with Crippen molar-refractivity contribution in [2.24, 2.45) is 0 Å². The van der Waals surface area contributed by atoms with Gasteiger partial charge in [-0.25, -0.2) is 15.0 Å². The number of rotatable bonds is 11. The fourth-order valence-corrected chi connectivity index (χ4v) is 4.32. The summed E-state index contributed by atoms with van der Waals surface area (Å²) in [6, 6.07) is 13.9. The molecular formula is C28H32N8O2.